The zero-order valence-corrected chi connectivity index (χ0v) is 8.94. The standard InChI is InChI=1S/C13H12FNO/c1-9-2-3-11(7-15-9)10-4-5-12(8-16)13(14)6-10/h2-7,16H,8H2,1H3. The van der Waals surface area contributed by atoms with Crippen molar-refractivity contribution in [3.63, 3.8) is 0 Å². The maximum atomic E-state index is 13.4. The van der Waals surface area contributed by atoms with Crippen molar-refractivity contribution >= 4 is 0 Å². The monoisotopic (exact) mass is 217 g/mol. The zero-order valence-electron chi connectivity index (χ0n) is 8.94. The van der Waals surface area contributed by atoms with Gasteiger partial charge in [-0.3, -0.25) is 4.98 Å². The second kappa shape index (κ2) is 4.41. The molecule has 16 heavy (non-hydrogen) atoms. The molecule has 1 aromatic heterocycles. The lowest BCUT2D eigenvalue weighted by molar-refractivity contribution is 0.276. The highest BCUT2D eigenvalue weighted by molar-refractivity contribution is 5.62. The van der Waals surface area contributed by atoms with Crippen LogP contribution in [0.3, 0.4) is 0 Å². The Morgan fingerprint density at radius 2 is 1.94 bits per heavy atom. The summed E-state index contributed by atoms with van der Waals surface area (Å²) in [4.78, 5) is 4.16. The first-order valence-corrected chi connectivity index (χ1v) is 5.03. The van der Waals surface area contributed by atoms with E-state index in [0.29, 0.717) is 5.56 Å². The first-order valence-electron chi connectivity index (χ1n) is 5.03. The zero-order chi connectivity index (χ0) is 11.5. The Kier molecular flexibility index (Phi) is 2.97. The number of benzene rings is 1. The Labute approximate surface area is 93.4 Å². The topological polar surface area (TPSA) is 33.1 Å². The summed E-state index contributed by atoms with van der Waals surface area (Å²) in [5, 5.41) is 8.86. The van der Waals surface area contributed by atoms with Crippen LogP contribution in [0.1, 0.15) is 11.3 Å². The number of hydrogen-bond donors (Lipinski definition) is 1. The molecule has 2 aromatic rings. The van der Waals surface area contributed by atoms with Gasteiger partial charge in [0.15, 0.2) is 0 Å². The van der Waals surface area contributed by atoms with E-state index in [1.165, 1.54) is 6.07 Å². The number of aliphatic hydroxyl groups excluding tert-OH is 1. The number of rotatable bonds is 2. The molecule has 2 rings (SSSR count). The van der Waals surface area contributed by atoms with E-state index >= 15 is 0 Å². The van der Waals surface area contributed by atoms with E-state index in [2.05, 4.69) is 4.98 Å². The van der Waals surface area contributed by atoms with Crippen LogP contribution in [-0.2, 0) is 6.61 Å². The molecule has 82 valence electrons. The number of halogens is 1. The summed E-state index contributed by atoms with van der Waals surface area (Å²) < 4.78 is 13.4. The van der Waals surface area contributed by atoms with Crippen molar-refractivity contribution in [1.29, 1.82) is 0 Å². The molecule has 0 saturated heterocycles. The molecule has 0 aliphatic rings. The van der Waals surface area contributed by atoms with Gasteiger partial charge in [-0.05, 0) is 24.6 Å². The highest BCUT2D eigenvalue weighted by Gasteiger charge is 2.04. The van der Waals surface area contributed by atoms with Crippen molar-refractivity contribution < 1.29 is 9.50 Å². The van der Waals surface area contributed by atoms with E-state index in [-0.39, 0.29) is 12.4 Å². The van der Waals surface area contributed by atoms with Gasteiger partial charge in [0.25, 0.3) is 0 Å². The van der Waals surface area contributed by atoms with Crippen molar-refractivity contribution in [3.05, 3.63) is 53.6 Å². The largest absolute Gasteiger partial charge is 0.392 e. The average molecular weight is 217 g/mol. The lowest BCUT2D eigenvalue weighted by Gasteiger charge is -2.04. The maximum Gasteiger partial charge on any atom is 0.129 e. The van der Waals surface area contributed by atoms with E-state index in [0.717, 1.165) is 16.8 Å². The number of aromatic nitrogens is 1. The normalized spacial score (nSPS) is 10.4. The van der Waals surface area contributed by atoms with Crippen LogP contribution in [0, 0.1) is 12.7 Å². The summed E-state index contributed by atoms with van der Waals surface area (Å²) in [5.41, 5.74) is 2.87. The van der Waals surface area contributed by atoms with E-state index < -0.39 is 0 Å². The first kappa shape index (κ1) is 10.8. The van der Waals surface area contributed by atoms with Crippen LogP contribution in [0.15, 0.2) is 36.5 Å². The molecule has 0 atom stereocenters. The van der Waals surface area contributed by atoms with Crippen LogP contribution in [0.5, 0.6) is 0 Å². The van der Waals surface area contributed by atoms with Gasteiger partial charge in [-0.1, -0.05) is 18.2 Å². The molecular formula is C13H12FNO. The smallest absolute Gasteiger partial charge is 0.129 e. The molecule has 1 aromatic carbocycles. The Morgan fingerprint density at radius 3 is 2.50 bits per heavy atom. The third kappa shape index (κ3) is 2.09. The summed E-state index contributed by atoms with van der Waals surface area (Å²) in [6, 6.07) is 8.56. The minimum atomic E-state index is -0.388. The third-order valence-corrected chi connectivity index (χ3v) is 2.47. The van der Waals surface area contributed by atoms with Gasteiger partial charge in [-0.15, -0.1) is 0 Å². The fourth-order valence-corrected chi connectivity index (χ4v) is 1.49. The summed E-state index contributed by atoms with van der Waals surface area (Å²) >= 11 is 0. The van der Waals surface area contributed by atoms with Crippen LogP contribution in [0.2, 0.25) is 0 Å². The molecule has 1 N–H and O–H groups in total. The number of pyridine rings is 1. The lowest BCUT2D eigenvalue weighted by atomic mass is 10.1. The van der Waals surface area contributed by atoms with E-state index in [1.807, 2.05) is 19.1 Å². The van der Waals surface area contributed by atoms with Crippen LogP contribution in [-0.4, -0.2) is 10.1 Å². The molecule has 2 nitrogen and oxygen atoms in total. The molecule has 0 aliphatic carbocycles. The minimum Gasteiger partial charge on any atom is -0.392 e. The van der Waals surface area contributed by atoms with Gasteiger partial charge in [-0.2, -0.15) is 0 Å². The van der Waals surface area contributed by atoms with Crippen LogP contribution < -0.4 is 0 Å². The average Bonchev–Trinajstić information content (AvgIpc) is 2.30. The van der Waals surface area contributed by atoms with Crippen LogP contribution >= 0.6 is 0 Å². The van der Waals surface area contributed by atoms with Gasteiger partial charge in [0.05, 0.1) is 6.61 Å². The summed E-state index contributed by atoms with van der Waals surface area (Å²) in [7, 11) is 0. The Bertz CT molecular complexity index is 494. The van der Waals surface area contributed by atoms with Crippen molar-refractivity contribution in [2.24, 2.45) is 0 Å². The number of aliphatic hydroxyl groups is 1. The predicted octanol–water partition coefficient (Wildman–Crippen LogP) is 2.69. The van der Waals surface area contributed by atoms with Gasteiger partial charge in [0, 0.05) is 23.0 Å². The summed E-state index contributed by atoms with van der Waals surface area (Å²) in [6.07, 6.45) is 1.71. The molecule has 0 aliphatic heterocycles. The van der Waals surface area contributed by atoms with Gasteiger partial charge in [0.1, 0.15) is 5.82 Å². The van der Waals surface area contributed by atoms with Crippen LogP contribution in [0.25, 0.3) is 11.1 Å². The van der Waals surface area contributed by atoms with Crippen LogP contribution in [0.4, 0.5) is 4.39 Å². The number of nitrogens with zero attached hydrogens (tertiary/aromatic N) is 1. The van der Waals surface area contributed by atoms with E-state index in [4.69, 9.17) is 5.11 Å². The van der Waals surface area contributed by atoms with Gasteiger partial charge >= 0.3 is 0 Å². The quantitative estimate of drug-likeness (QED) is 0.839. The molecule has 0 bridgehead atoms. The molecular weight excluding hydrogens is 205 g/mol. The number of hydrogen-bond acceptors (Lipinski definition) is 2. The van der Waals surface area contributed by atoms with E-state index in [1.54, 1.807) is 18.3 Å². The Balaban J connectivity index is 2.41. The molecule has 0 spiro atoms. The SMILES string of the molecule is Cc1ccc(-c2ccc(CO)c(F)c2)cn1. The molecule has 3 heteroatoms. The van der Waals surface area contributed by atoms with Crippen molar-refractivity contribution in [1.82, 2.24) is 4.98 Å². The fraction of sp³-hybridized carbons (Fsp3) is 0.154. The molecule has 1 heterocycles. The molecule has 0 fully saturated rings. The maximum absolute atomic E-state index is 13.4. The van der Waals surface area contributed by atoms with Gasteiger partial charge in [0.2, 0.25) is 0 Å². The first-order chi connectivity index (χ1) is 7.70. The molecule has 0 saturated carbocycles. The fourth-order valence-electron chi connectivity index (χ4n) is 1.49. The second-order valence-electron chi connectivity index (χ2n) is 3.65. The predicted molar refractivity (Wildman–Crippen MR) is 60.3 cm³/mol. The minimum absolute atomic E-state index is 0.280. The molecule has 0 radical (unpaired) electrons. The van der Waals surface area contributed by atoms with Gasteiger partial charge in [-0.25, -0.2) is 4.39 Å². The summed E-state index contributed by atoms with van der Waals surface area (Å²) in [5.74, 6) is -0.388. The Hall–Kier alpha value is -1.74. The van der Waals surface area contributed by atoms with E-state index in [9.17, 15) is 4.39 Å². The van der Waals surface area contributed by atoms with Crippen molar-refractivity contribution in [2.75, 3.05) is 0 Å². The molecule has 0 unspecified atom stereocenters. The van der Waals surface area contributed by atoms with Crippen molar-refractivity contribution in [2.45, 2.75) is 13.5 Å². The van der Waals surface area contributed by atoms with Crippen molar-refractivity contribution in [3.8, 4) is 11.1 Å². The molecule has 0 amide bonds. The summed E-state index contributed by atoms with van der Waals surface area (Å²) in [6.45, 7) is 1.62. The highest BCUT2D eigenvalue weighted by Crippen LogP contribution is 2.21. The highest BCUT2D eigenvalue weighted by atomic mass is 19.1. The third-order valence-electron chi connectivity index (χ3n) is 2.47. The van der Waals surface area contributed by atoms with Gasteiger partial charge < -0.3 is 5.11 Å². The number of aryl methyl sites for hydroxylation is 1. The lowest BCUT2D eigenvalue weighted by Crippen LogP contribution is -1.90. The Morgan fingerprint density at radius 1 is 1.19 bits per heavy atom. The second-order valence-corrected chi connectivity index (χ2v) is 3.65.